The van der Waals surface area contributed by atoms with Crippen LogP contribution in [0.2, 0.25) is 0 Å². The van der Waals surface area contributed by atoms with E-state index in [1.54, 1.807) is 7.11 Å². The number of carbonyl (C=O) groups excluding carboxylic acids is 1. The molecule has 0 aliphatic heterocycles. The van der Waals surface area contributed by atoms with Crippen LogP contribution in [0.25, 0.3) is 0 Å². The van der Waals surface area contributed by atoms with E-state index in [0.717, 1.165) is 17.1 Å². The van der Waals surface area contributed by atoms with Crippen LogP contribution in [0, 0.1) is 0 Å². The van der Waals surface area contributed by atoms with Crippen molar-refractivity contribution < 1.29 is 9.53 Å². The number of anilines is 2. The number of benzene rings is 2. The molecule has 4 nitrogen and oxygen atoms in total. The Labute approximate surface area is 118 Å². The van der Waals surface area contributed by atoms with E-state index >= 15 is 0 Å². The van der Waals surface area contributed by atoms with E-state index in [1.165, 1.54) is 0 Å². The first-order valence-electron chi connectivity index (χ1n) is 6.51. The van der Waals surface area contributed by atoms with Crippen LogP contribution in [0.5, 0.6) is 5.75 Å². The maximum atomic E-state index is 11.7. The minimum Gasteiger partial charge on any atom is -0.497 e. The van der Waals surface area contributed by atoms with Crippen LogP contribution < -0.4 is 15.4 Å². The quantitative estimate of drug-likeness (QED) is 0.848. The Balaban J connectivity index is 1.73. The largest absolute Gasteiger partial charge is 0.497 e. The van der Waals surface area contributed by atoms with Crippen molar-refractivity contribution in [3.8, 4) is 5.75 Å². The Morgan fingerprint density at radius 2 is 1.70 bits per heavy atom. The van der Waals surface area contributed by atoms with Crippen molar-refractivity contribution in [1.82, 2.24) is 0 Å². The molecule has 0 aromatic heterocycles. The van der Waals surface area contributed by atoms with Crippen LogP contribution in [0.1, 0.15) is 6.42 Å². The van der Waals surface area contributed by atoms with Crippen LogP contribution in [0.15, 0.2) is 54.6 Å². The third-order valence-electron chi connectivity index (χ3n) is 2.83. The maximum Gasteiger partial charge on any atom is 0.226 e. The molecule has 0 radical (unpaired) electrons. The normalized spacial score (nSPS) is 9.85. The number of amides is 1. The lowest BCUT2D eigenvalue weighted by molar-refractivity contribution is -0.115. The van der Waals surface area contributed by atoms with Crippen molar-refractivity contribution in [3.05, 3.63) is 54.6 Å². The molecule has 0 saturated heterocycles. The van der Waals surface area contributed by atoms with E-state index in [9.17, 15) is 4.79 Å². The zero-order valence-electron chi connectivity index (χ0n) is 11.4. The predicted octanol–water partition coefficient (Wildman–Crippen LogP) is 3.14. The number of nitrogens with one attached hydrogen (secondary N) is 2. The minimum atomic E-state index is -0.00258. The molecule has 0 heterocycles. The first-order valence-corrected chi connectivity index (χ1v) is 6.51. The standard InChI is InChI=1S/C16H18N2O2/c1-20-15-9-7-13(8-10-15)17-12-11-16(19)18-14-5-3-2-4-6-14/h2-10,17H,11-12H2,1H3,(H,18,19). The summed E-state index contributed by atoms with van der Waals surface area (Å²) in [6.45, 7) is 0.588. The second kappa shape index (κ2) is 7.19. The van der Waals surface area contributed by atoms with Crippen molar-refractivity contribution >= 4 is 17.3 Å². The van der Waals surface area contributed by atoms with Crippen molar-refractivity contribution in [1.29, 1.82) is 0 Å². The summed E-state index contributed by atoms with van der Waals surface area (Å²) in [5.41, 5.74) is 1.79. The molecule has 0 bridgehead atoms. The monoisotopic (exact) mass is 270 g/mol. The summed E-state index contributed by atoms with van der Waals surface area (Å²) in [7, 11) is 1.64. The van der Waals surface area contributed by atoms with Gasteiger partial charge in [0.15, 0.2) is 0 Å². The van der Waals surface area contributed by atoms with E-state index in [-0.39, 0.29) is 5.91 Å². The lowest BCUT2D eigenvalue weighted by Crippen LogP contribution is -2.16. The number of carbonyl (C=O) groups is 1. The molecule has 4 heteroatoms. The zero-order chi connectivity index (χ0) is 14.2. The average Bonchev–Trinajstić information content (AvgIpc) is 2.49. The lowest BCUT2D eigenvalue weighted by Gasteiger charge is -2.08. The Bertz CT molecular complexity index is 538. The Kier molecular flexibility index (Phi) is 5.00. The predicted molar refractivity (Wildman–Crippen MR) is 81.2 cm³/mol. The topological polar surface area (TPSA) is 50.4 Å². The minimum absolute atomic E-state index is 0.00258. The van der Waals surface area contributed by atoms with Crippen LogP contribution in [0.3, 0.4) is 0 Å². The lowest BCUT2D eigenvalue weighted by atomic mass is 10.3. The summed E-state index contributed by atoms with van der Waals surface area (Å²) in [4.78, 5) is 11.7. The number of para-hydroxylation sites is 1. The third-order valence-corrected chi connectivity index (χ3v) is 2.83. The van der Waals surface area contributed by atoms with Gasteiger partial charge in [0.05, 0.1) is 7.11 Å². The molecule has 0 aliphatic rings. The number of rotatable bonds is 6. The molecule has 0 aliphatic carbocycles. The van der Waals surface area contributed by atoms with E-state index in [1.807, 2.05) is 54.6 Å². The highest BCUT2D eigenvalue weighted by Crippen LogP contribution is 2.14. The van der Waals surface area contributed by atoms with E-state index in [2.05, 4.69) is 10.6 Å². The van der Waals surface area contributed by atoms with Gasteiger partial charge in [0.25, 0.3) is 0 Å². The number of methoxy groups -OCH3 is 1. The van der Waals surface area contributed by atoms with Gasteiger partial charge in [-0.05, 0) is 36.4 Å². The fourth-order valence-electron chi connectivity index (χ4n) is 1.77. The summed E-state index contributed by atoms with van der Waals surface area (Å²) in [5, 5.41) is 6.04. The van der Waals surface area contributed by atoms with Gasteiger partial charge in [0, 0.05) is 24.3 Å². The smallest absolute Gasteiger partial charge is 0.226 e. The van der Waals surface area contributed by atoms with Gasteiger partial charge in [-0.2, -0.15) is 0 Å². The van der Waals surface area contributed by atoms with Crippen molar-refractivity contribution in [3.63, 3.8) is 0 Å². The summed E-state index contributed by atoms with van der Waals surface area (Å²) >= 11 is 0. The molecule has 104 valence electrons. The molecule has 20 heavy (non-hydrogen) atoms. The van der Waals surface area contributed by atoms with E-state index in [4.69, 9.17) is 4.74 Å². The summed E-state index contributed by atoms with van der Waals surface area (Å²) in [6, 6.07) is 17.1. The zero-order valence-corrected chi connectivity index (χ0v) is 11.4. The van der Waals surface area contributed by atoms with Gasteiger partial charge < -0.3 is 15.4 Å². The molecule has 2 N–H and O–H groups in total. The van der Waals surface area contributed by atoms with Crippen LogP contribution in [0.4, 0.5) is 11.4 Å². The molecule has 2 rings (SSSR count). The maximum absolute atomic E-state index is 11.7. The molecule has 0 atom stereocenters. The molecular weight excluding hydrogens is 252 g/mol. The molecule has 2 aromatic carbocycles. The van der Waals surface area contributed by atoms with Gasteiger partial charge in [-0.25, -0.2) is 0 Å². The third kappa shape index (κ3) is 4.31. The van der Waals surface area contributed by atoms with Crippen molar-refractivity contribution in [2.75, 3.05) is 24.3 Å². The van der Waals surface area contributed by atoms with Crippen LogP contribution in [-0.4, -0.2) is 19.6 Å². The van der Waals surface area contributed by atoms with Gasteiger partial charge in [-0.15, -0.1) is 0 Å². The summed E-state index contributed by atoms with van der Waals surface area (Å²) in [5.74, 6) is 0.814. The molecule has 0 spiro atoms. The van der Waals surface area contributed by atoms with Gasteiger partial charge in [-0.1, -0.05) is 18.2 Å². The van der Waals surface area contributed by atoms with E-state index in [0.29, 0.717) is 13.0 Å². The molecule has 2 aromatic rings. The fraction of sp³-hybridized carbons (Fsp3) is 0.188. The first-order chi connectivity index (χ1) is 9.78. The van der Waals surface area contributed by atoms with Crippen molar-refractivity contribution in [2.24, 2.45) is 0 Å². The number of hydrogen-bond acceptors (Lipinski definition) is 3. The summed E-state index contributed by atoms with van der Waals surface area (Å²) < 4.78 is 5.09. The second-order valence-corrected chi connectivity index (χ2v) is 4.32. The first kappa shape index (κ1) is 13.9. The Morgan fingerprint density at radius 1 is 1.00 bits per heavy atom. The molecule has 0 fully saturated rings. The number of ether oxygens (including phenoxy) is 1. The summed E-state index contributed by atoms with van der Waals surface area (Å²) in [6.07, 6.45) is 0.418. The Hall–Kier alpha value is -2.49. The highest BCUT2D eigenvalue weighted by molar-refractivity contribution is 5.90. The number of hydrogen-bond donors (Lipinski definition) is 2. The molecule has 0 unspecified atom stereocenters. The molecule has 0 saturated carbocycles. The van der Waals surface area contributed by atoms with Crippen LogP contribution >= 0.6 is 0 Å². The highest BCUT2D eigenvalue weighted by atomic mass is 16.5. The molecule has 1 amide bonds. The fourth-order valence-corrected chi connectivity index (χ4v) is 1.77. The Morgan fingerprint density at radius 3 is 2.35 bits per heavy atom. The van der Waals surface area contributed by atoms with Gasteiger partial charge in [0.2, 0.25) is 5.91 Å². The highest BCUT2D eigenvalue weighted by Gasteiger charge is 2.01. The van der Waals surface area contributed by atoms with Crippen LogP contribution in [-0.2, 0) is 4.79 Å². The van der Waals surface area contributed by atoms with E-state index < -0.39 is 0 Å². The SMILES string of the molecule is COc1ccc(NCCC(=O)Nc2ccccc2)cc1. The molecular formula is C16H18N2O2. The van der Waals surface area contributed by atoms with Crippen molar-refractivity contribution in [2.45, 2.75) is 6.42 Å². The van der Waals surface area contributed by atoms with Gasteiger partial charge in [0.1, 0.15) is 5.75 Å². The second-order valence-electron chi connectivity index (χ2n) is 4.32. The van der Waals surface area contributed by atoms with Gasteiger partial charge >= 0.3 is 0 Å². The van der Waals surface area contributed by atoms with Gasteiger partial charge in [-0.3, -0.25) is 4.79 Å². The average molecular weight is 270 g/mol.